The van der Waals surface area contributed by atoms with Gasteiger partial charge >= 0.3 is 5.97 Å². The van der Waals surface area contributed by atoms with Gasteiger partial charge in [-0.25, -0.2) is 0 Å². The van der Waals surface area contributed by atoms with E-state index in [1.54, 1.807) is 4.90 Å². The molecule has 2 fully saturated rings. The number of carboxylic acids is 1. The highest BCUT2D eigenvalue weighted by molar-refractivity contribution is 5.79. The van der Waals surface area contributed by atoms with Gasteiger partial charge in [-0.2, -0.15) is 0 Å². The fourth-order valence-electron chi connectivity index (χ4n) is 3.25. The van der Waals surface area contributed by atoms with Gasteiger partial charge in [-0.3, -0.25) is 9.59 Å². The van der Waals surface area contributed by atoms with Crippen molar-refractivity contribution in [2.24, 2.45) is 11.8 Å². The maximum atomic E-state index is 12.6. The molecule has 21 heavy (non-hydrogen) atoms. The lowest BCUT2D eigenvalue weighted by molar-refractivity contribution is -0.145. The van der Waals surface area contributed by atoms with Gasteiger partial charge in [0.25, 0.3) is 0 Å². The first-order valence-electron chi connectivity index (χ1n) is 7.94. The quantitative estimate of drug-likeness (QED) is 0.755. The van der Waals surface area contributed by atoms with Crippen LogP contribution in [-0.2, 0) is 14.3 Å². The Morgan fingerprint density at radius 1 is 1.29 bits per heavy atom. The molecule has 6 nitrogen and oxygen atoms in total. The lowest BCUT2D eigenvalue weighted by Gasteiger charge is -2.32. The summed E-state index contributed by atoms with van der Waals surface area (Å²) >= 11 is 0. The Morgan fingerprint density at radius 2 is 2.00 bits per heavy atom. The van der Waals surface area contributed by atoms with Gasteiger partial charge in [0.1, 0.15) is 5.92 Å². The Hall–Kier alpha value is -1.14. The Kier molecular flexibility index (Phi) is 5.99. The molecule has 6 heteroatoms. The maximum Gasteiger partial charge on any atom is 0.311 e. The molecule has 2 rings (SSSR count). The topological polar surface area (TPSA) is 78.9 Å². The molecule has 0 aliphatic carbocycles. The van der Waals surface area contributed by atoms with Gasteiger partial charge in [-0.05, 0) is 38.3 Å². The second-order valence-corrected chi connectivity index (χ2v) is 6.03. The van der Waals surface area contributed by atoms with Crippen molar-refractivity contribution in [1.82, 2.24) is 10.2 Å². The second-order valence-electron chi connectivity index (χ2n) is 6.03. The molecule has 120 valence electrons. The Bertz CT molecular complexity index is 369. The third kappa shape index (κ3) is 4.17. The molecule has 0 aromatic heterocycles. The van der Waals surface area contributed by atoms with Crippen LogP contribution >= 0.6 is 0 Å². The van der Waals surface area contributed by atoms with Gasteiger partial charge < -0.3 is 20.1 Å². The fraction of sp³-hybridized carbons (Fsp3) is 0.867. The van der Waals surface area contributed by atoms with E-state index in [9.17, 15) is 14.7 Å². The summed E-state index contributed by atoms with van der Waals surface area (Å²) in [5.41, 5.74) is 0. The predicted molar refractivity (Wildman–Crippen MR) is 77.9 cm³/mol. The molecule has 0 aromatic carbocycles. The summed E-state index contributed by atoms with van der Waals surface area (Å²) in [5.74, 6) is -0.948. The van der Waals surface area contributed by atoms with E-state index in [-0.39, 0.29) is 18.6 Å². The number of aliphatic carboxylic acids is 1. The highest BCUT2D eigenvalue weighted by Gasteiger charge is 2.39. The molecule has 0 saturated carbocycles. The van der Waals surface area contributed by atoms with Gasteiger partial charge in [-0.1, -0.05) is 6.92 Å². The van der Waals surface area contributed by atoms with E-state index in [0.29, 0.717) is 25.5 Å². The zero-order chi connectivity index (χ0) is 15.2. The van der Waals surface area contributed by atoms with Crippen molar-refractivity contribution in [3.05, 3.63) is 0 Å². The van der Waals surface area contributed by atoms with Gasteiger partial charge in [-0.15, -0.1) is 0 Å². The third-order valence-corrected chi connectivity index (χ3v) is 4.47. The Balaban J connectivity index is 1.99. The SMILES string of the molecule is CCCN(C(=O)CC1CCNCC1)C1COCC1C(=O)O. The molecular weight excluding hydrogens is 272 g/mol. The number of carbonyl (C=O) groups excluding carboxylic acids is 1. The molecule has 2 aliphatic rings. The molecule has 2 atom stereocenters. The standard InChI is InChI=1S/C15H26N2O4/c1-2-7-17(13-10-21-9-12(13)15(19)20)14(18)8-11-3-5-16-6-4-11/h11-13,16H,2-10H2,1H3,(H,19,20). The summed E-state index contributed by atoms with van der Waals surface area (Å²) in [4.78, 5) is 25.7. The monoisotopic (exact) mass is 298 g/mol. The highest BCUT2D eigenvalue weighted by Crippen LogP contribution is 2.24. The zero-order valence-electron chi connectivity index (χ0n) is 12.7. The van der Waals surface area contributed by atoms with E-state index in [1.807, 2.05) is 6.92 Å². The van der Waals surface area contributed by atoms with E-state index < -0.39 is 11.9 Å². The predicted octanol–water partition coefficient (Wildman–Crippen LogP) is 0.714. The van der Waals surface area contributed by atoms with Crippen LogP contribution in [0.25, 0.3) is 0 Å². The molecule has 2 aliphatic heterocycles. The van der Waals surface area contributed by atoms with E-state index in [0.717, 1.165) is 32.4 Å². The average molecular weight is 298 g/mol. The first-order chi connectivity index (χ1) is 10.1. The average Bonchev–Trinajstić information content (AvgIpc) is 2.95. The number of hydrogen-bond acceptors (Lipinski definition) is 4. The number of carboxylic acid groups (broad SMARTS) is 1. The van der Waals surface area contributed by atoms with E-state index in [2.05, 4.69) is 5.32 Å². The number of hydrogen-bond donors (Lipinski definition) is 2. The number of nitrogens with one attached hydrogen (secondary N) is 1. The van der Waals surface area contributed by atoms with Crippen LogP contribution in [0.3, 0.4) is 0 Å². The van der Waals surface area contributed by atoms with Crippen molar-refractivity contribution in [1.29, 1.82) is 0 Å². The first-order valence-corrected chi connectivity index (χ1v) is 7.94. The Morgan fingerprint density at radius 3 is 2.62 bits per heavy atom. The van der Waals surface area contributed by atoms with Crippen molar-refractivity contribution in [3.8, 4) is 0 Å². The van der Waals surface area contributed by atoms with Crippen molar-refractivity contribution in [2.45, 2.75) is 38.6 Å². The molecule has 0 radical (unpaired) electrons. The lowest BCUT2D eigenvalue weighted by Crippen LogP contribution is -2.47. The lowest BCUT2D eigenvalue weighted by atomic mass is 9.93. The molecular formula is C15H26N2O4. The van der Waals surface area contributed by atoms with Crippen molar-refractivity contribution >= 4 is 11.9 Å². The van der Waals surface area contributed by atoms with Crippen LogP contribution < -0.4 is 5.32 Å². The summed E-state index contributed by atoms with van der Waals surface area (Å²) in [7, 11) is 0. The molecule has 0 spiro atoms. The van der Waals surface area contributed by atoms with Crippen LogP contribution in [0.1, 0.15) is 32.6 Å². The number of carbonyl (C=O) groups is 2. The molecule has 2 unspecified atom stereocenters. The summed E-state index contributed by atoms with van der Waals surface area (Å²) in [6.07, 6.45) is 3.41. The number of nitrogens with zero attached hydrogens (tertiary/aromatic N) is 1. The van der Waals surface area contributed by atoms with E-state index >= 15 is 0 Å². The number of amides is 1. The molecule has 2 N–H and O–H groups in total. The van der Waals surface area contributed by atoms with Gasteiger partial charge in [0.2, 0.25) is 5.91 Å². The molecule has 0 bridgehead atoms. The van der Waals surface area contributed by atoms with Crippen molar-refractivity contribution < 1.29 is 19.4 Å². The molecule has 1 amide bonds. The normalized spacial score (nSPS) is 26.7. The van der Waals surface area contributed by atoms with Gasteiger partial charge in [0, 0.05) is 13.0 Å². The Labute approximate surface area is 125 Å². The van der Waals surface area contributed by atoms with Crippen molar-refractivity contribution in [3.63, 3.8) is 0 Å². The summed E-state index contributed by atoms with van der Waals surface area (Å²) in [5, 5.41) is 12.6. The highest BCUT2D eigenvalue weighted by atomic mass is 16.5. The summed E-state index contributed by atoms with van der Waals surface area (Å²) in [6.45, 7) is 5.11. The first kappa shape index (κ1) is 16.2. The van der Waals surface area contributed by atoms with E-state index in [1.165, 1.54) is 0 Å². The maximum absolute atomic E-state index is 12.6. The van der Waals surface area contributed by atoms with Crippen LogP contribution in [0, 0.1) is 11.8 Å². The third-order valence-electron chi connectivity index (χ3n) is 4.47. The van der Waals surface area contributed by atoms with Crippen molar-refractivity contribution in [2.75, 3.05) is 32.8 Å². The number of ether oxygens (including phenoxy) is 1. The fourth-order valence-corrected chi connectivity index (χ4v) is 3.25. The van der Waals surface area contributed by atoms with Crippen LogP contribution in [0.2, 0.25) is 0 Å². The largest absolute Gasteiger partial charge is 0.481 e. The number of rotatable bonds is 6. The smallest absolute Gasteiger partial charge is 0.311 e. The second kappa shape index (κ2) is 7.75. The summed E-state index contributed by atoms with van der Waals surface area (Å²) in [6, 6.07) is -0.309. The van der Waals surface area contributed by atoms with Crippen LogP contribution in [0.4, 0.5) is 0 Å². The minimum Gasteiger partial charge on any atom is -0.481 e. The molecule has 0 aromatic rings. The minimum absolute atomic E-state index is 0.0884. The molecule has 2 saturated heterocycles. The zero-order valence-corrected chi connectivity index (χ0v) is 12.7. The number of piperidine rings is 1. The van der Waals surface area contributed by atoms with Gasteiger partial charge in [0.05, 0.1) is 19.3 Å². The summed E-state index contributed by atoms with van der Waals surface area (Å²) < 4.78 is 5.31. The van der Waals surface area contributed by atoms with Crippen LogP contribution in [0.15, 0.2) is 0 Å². The minimum atomic E-state index is -0.867. The van der Waals surface area contributed by atoms with Gasteiger partial charge in [0.15, 0.2) is 0 Å². The molecule has 2 heterocycles. The van der Waals surface area contributed by atoms with E-state index in [4.69, 9.17) is 4.74 Å². The van der Waals surface area contributed by atoms with Crippen LogP contribution in [0.5, 0.6) is 0 Å². The van der Waals surface area contributed by atoms with Crippen LogP contribution in [-0.4, -0.2) is 60.8 Å².